The van der Waals surface area contributed by atoms with Crippen LogP contribution in [-0.2, 0) is 29.0 Å². The lowest BCUT2D eigenvalue weighted by atomic mass is 9.88. The van der Waals surface area contributed by atoms with Crippen LogP contribution in [0.4, 0.5) is 24.9 Å². The van der Waals surface area contributed by atoms with Crippen molar-refractivity contribution in [2.24, 2.45) is 17.8 Å². The zero-order chi connectivity index (χ0) is 32.0. The van der Waals surface area contributed by atoms with Crippen LogP contribution in [-0.4, -0.2) is 77.7 Å². The number of nitrogen functional groups attached to an aromatic ring is 1. The van der Waals surface area contributed by atoms with Crippen LogP contribution in [0.1, 0.15) is 29.5 Å². The quantitative estimate of drug-likeness (QED) is 0.327. The summed E-state index contributed by atoms with van der Waals surface area (Å²) >= 11 is 0. The molecule has 2 atom stereocenters. The Morgan fingerprint density at radius 3 is 2.39 bits per heavy atom. The van der Waals surface area contributed by atoms with Crippen LogP contribution in [0.3, 0.4) is 0 Å². The third-order valence-corrected chi connectivity index (χ3v) is 9.66. The Labute approximate surface area is 264 Å². The fourth-order valence-electron chi connectivity index (χ4n) is 7.34. The Morgan fingerprint density at radius 2 is 1.70 bits per heavy atom. The van der Waals surface area contributed by atoms with Crippen LogP contribution in [0.15, 0.2) is 42.5 Å². The molecule has 0 bridgehead atoms. The minimum absolute atomic E-state index is 0.146. The number of fused-ring (bicyclic) bond motifs is 4. The molecule has 4 aliphatic rings. The van der Waals surface area contributed by atoms with E-state index in [0.717, 1.165) is 92.2 Å². The number of rotatable bonds is 10. The maximum absolute atomic E-state index is 12.4. The Kier molecular flexibility index (Phi) is 8.14. The highest BCUT2D eigenvalue weighted by Gasteiger charge is 2.60. The van der Waals surface area contributed by atoms with Gasteiger partial charge in [0.15, 0.2) is 0 Å². The van der Waals surface area contributed by atoms with Gasteiger partial charge in [0.1, 0.15) is 23.9 Å². The molecule has 1 aromatic heterocycles. The largest absolute Gasteiger partial charge is 0.573 e. The molecule has 2 heterocycles. The van der Waals surface area contributed by atoms with Gasteiger partial charge in [0.2, 0.25) is 5.95 Å². The molecule has 0 spiro atoms. The number of hydrogen-bond donors (Lipinski definition) is 2. The first-order valence-corrected chi connectivity index (χ1v) is 15.7. The van der Waals surface area contributed by atoms with E-state index in [2.05, 4.69) is 24.5 Å². The van der Waals surface area contributed by atoms with Gasteiger partial charge in [0.25, 0.3) is 0 Å². The van der Waals surface area contributed by atoms with E-state index in [-0.39, 0.29) is 30.3 Å². The van der Waals surface area contributed by atoms with Crippen LogP contribution in [0.5, 0.6) is 11.5 Å². The van der Waals surface area contributed by atoms with E-state index >= 15 is 0 Å². The molecule has 3 aromatic rings. The van der Waals surface area contributed by atoms with E-state index in [9.17, 15) is 23.1 Å². The van der Waals surface area contributed by atoms with Crippen molar-refractivity contribution in [3.63, 3.8) is 0 Å². The summed E-state index contributed by atoms with van der Waals surface area (Å²) in [6.45, 7) is 5.11. The van der Waals surface area contributed by atoms with Crippen molar-refractivity contribution >= 4 is 17.7 Å². The Balaban J connectivity index is 0.932. The van der Waals surface area contributed by atoms with Crippen molar-refractivity contribution in [3.05, 3.63) is 59.2 Å². The number of benzene rings is 2. The number of piperazine rings is 1. The number of carboxylic acids is 1. The highest BCUT2D eigenvalue weighted by Crippen LogP contribution is 2.58. The van der Waals surface area contributed by atoms with Gasteiger partial charge in [-0.3, -0.25) is 9.69 Å². The van der Waals surface area contributed by atoms with Crippen molar-refractivity contribution in [2.75, 3.05) is 50.0 Å². The molecule has 3 aliphatic carbocycles. The number of aryl methyl sites for hydroxylation is 1. The van der Waals surface area contributed by atoms with Crippen LogP contribution in [0.2, 0.25) is 0 Å². The fraction of sp³-hybridized carbons (Fsp3) is 0.485. The first-order valence-electron chi connectivity index (χ1n) is 15.7. The molecule has 244 valence electrons. The minimum Gasteiger partial charge on any atom is -0.489 e. The zero-order valence-electron chi connectivity index (χ0n) is 25.2. The van der Waals surface area contributed by atoms with Crippen molar-refractivity contribution in [3.8, 4) is 22.8 Å². The van der Waals surface area contributed by atoms with E-state index in [4.69, 9.17) is 15.2 Å². The van der Waals surface area contributed by atoms with Crippen molar-refractivity contribution in [1.82, 2.24) is 14.9 Å². The first-order chi connectivity index (χ1) is 22.1. The fourth-order valence-corrected chi connectivity index (χ4v) is 7.34. The van der Waals surface area contributed by atoms with Gasteiger partial charge in [0, 0.05) is 43.9 Å². The molecular formula is C33H36F3N5O5. The highest BCUT2D eigenvalue weighted by molar-refractivity contribution is 5.76. The Bertz CT molecular complexity index is 1580. The van der Waals surface area contributed by atoms with Gasteiger partial charge in [-0.25, -0.2) is 4.98 Å². The number of anilines is 2. The van der Waals surface area contributed by atoms with Crippen molar-refractivity contribution < 1.29 is 37.3 Å². The predicted molar refractivity (Wildman–Crippen MR) is 162 cm³/mol. The number of hydrogen-bond acceptors (Lipinski definition) is 9. The molecule has 0 amide bonds. The summed E-state index contributed by atoms with van der Waals surface area (Å²) in [4.78, 5) is 25.2. The van der Waals surface area contributed by atoms with Gasteiger partial charge in [0.05, 0.1) is 24.3 Å². The lowest BCUT2D eigenvalue weighted by Gasteiger charge is -2.37. The monoisotopic (exact) mass is 639 g/mol. The molecule has 13 heteroatoms. The molecule has 2 saturated carbocycles. The maximum Gasteiger partial charge on any atom is 0.573 e. The van der Waals surface area contributed by atoms with Gasteiger partial charge >= 0.3 is 12.3 Å². The summed E-state index contributed by atoms with van der Waals surface area (Å²) in [6.07, 6.45) is -1.24. The van der Waals surface area contributed by atoms with Crippen LogP contribution in [0, 0.1) is 17.8 Å². The average molecular weight is 640 g/mol. The van der Waals surface area contributed by atoms with E-state index in [0.29, 0.717) is 24.2 Å². The van der Waals surface area contributed by atoms with E-state index in [1.165, 1.54) is 12.1 Å². The lowest BCUT2D eigenvalue weighted by molar-refractivity contribution is -0.274. The number of alkyl halides is 3. The first kappa shape index (κ1) is 30.5. The SMILES string of the molecule is Nc1nc2c(c(N3CCN(CCOC4CC5C(C4)C5C(=O)O)CC3)n1)CCc1cc(OCc3ccc(OC(F)(F)F)cc3)ccc1-2. The Morgan fingerprint density at radius 1 is 0.978 bits per heavy atom. The molecule has 2 aromatic carbocycles. The molecule has 1 saturated heterocycles. The van der Waals surface area contributed by atoms with Gasteiger partial charge in [-0.2, -0.15) is 4.98 Å². The number of halogens is 3. The normalized spacial score (nSPS) is 23.8. The molecule has 3 fully saturated rings. The summed E-state index contributed by atoms with van der Waals surface area (Å²) in [7, 11) is 0. The topological polar surface area (TPSA) is 123 Å². The van der Waals surface area contributed by atoms with Crippen LogP contribution >= 0.6 is 0 Å². The number of ether oxygens (including phenoxy) is 3. The van der Waals surface area contributed by atoms with Crippen molar-refractivity contribution in [1.29, 1.82) is 0 Å². The van der Waals surface area contributed by atoms with Gasteiger partial charge in [-0.15, -0.1) is 13.2 Å². The standard InChI is InChI=1S/C33H36F3N5O5/c34-33(35,36)46-21-4-1-19(2-5-21)18-45-22-6-8-24-20(15-22)3-7-25-29(24)38-32(37)39-30(25)41-11-9-40(10-12-41)13-14-44-23-16-26-27(17-23)28(26)31(42)43/h1-2,4-6,8,15,23,26-28H,3,7,9-14,16-18H2,(H,42,43)(H2,37,38,39). The smallest absolute Gasteiger partial charge is 0.489 e. The second kappa shape index (κ2) is 12.3. The van der Waals surface area contributed by atoms with Gasteiger partial charge in [-0.1, -0.05) is 12.1 Å². The van der Waals surface area contributed by atoms with Gasteiger partial charge in [-0.05, 0) is 79.0 Å². The van der Waals surface area contributed by atoms with Gasteiger partial charge < -0.3 is 30.0 Å². The molecule has 7 rings (SSSR count). The summed E-state index contributed by atoms with van der Waals surface area (Å²) in [5.74, 6) is 1.32. The third-order valence-electron chi connectivity index (χ3n) is 9.66. The molecule has 0 radical (unpaired) electrons. The average Bonchev–Trinajstić information content (AvgIpc) is 3.55. The number of aliphatic carboxylic acids is 1. The maximum atomic E-state index is 12.4. The molecule has 10 nitrogen and oxygen atoms in total. The second-order valence-corrected chi connectivity index (χ2v) is 12.5. The third kappa shape index (κ3) is 6.57. The van der Waals surface area contributed by atoms with E-state index in [1.807, 2.05) is 18.2 Å². The molecule has 46 heavy (non-hydrogen) atoms. The molecular weight excluding hydrogens is 603 g/mol. The van der Waals surface area contributed by atoms with Crippen LogP contribution in [0.25, 0.3) is 11.3 Å². The molecule has 2 unspecified atom stereocenters. The zero-order valence-corrected chi connectivity index (χ0v) is 25.2. The summed E-state index contributed by atoms with van der Waals surface area (Å²) in [5.41, 5.74) is 10.9. The van der Waals surface area contributed by atoms with Crippen LogP contribution < -0.4 is 20.1 Å². The predicted octanol–water partition coefficient (Wildman–Crippen LogP) is 4.55. The summed E-state index contributed by atoms with van der Waals surface area (Å²) in [5, 5.41) is 9.21. The van der Waals surface area contributed by atoms with E-state index in [1.54, 1.807) is 12.1 Å². The Hall–Kier alpha value is -4.10. The minimum atomic E-state index is -4.73. The number of nitrogens with two attached hydrogens (primary N) is 1. The summed E-state index contributed by atoms with van der Waals surface area (Å²) in [6, 6.07) is 11.5. The number of aromatic nitrogens is 2. The second-order valence-electron chi connectivity index (χ2n) is 12.5. The number of nitrogens with zero attached hydrogens (tertiary/aromatic N) is 4. The molecule has 3 N–H and O–H groups in total. The van der Waals surface area contributed by atoms with E-state index < -0.39 is 12.3 Å². The highest BCUT2D eigenvalue weighted by atomic mass is 19.4. The lowest BCUT2D eigenvalue weighted by Crippen LogP contribution is -2.48. The molecule has 1 aliphatic heterocycles. The summed E-state index contributed by atoms with van der Waals surface area (Å²) < 4.78 is 53.3. The number of carbonyl (C=O) groups is 1. The van der Waals surface area contributed by atoms with Crippen molar-refractivity contribution in [2.45, 2.75) is 44.8 Å². The number of carboxylic acid groups (broad SMARTS) is 1.